The lowest BCUT2D eigenvalue weighted by atomic mass is 10.1. The lowest BCUT2D eigenvalue weighted by molar-refractivity contribution is 0.0785. The van der Waals surface area contributed by atoms with Crippen LogP contribution in [-0.4, -0.2) is 17.9 Å². The number of hydrogen-bond acceptors (Lipinski definition) is 2. The highest BCUT2D eigenvalue weighted by Gasteiger charge is 2.12. The molecule has 0 bridgehead atoms. The molecule has 0 aliphatic carbocycles. The van der Waals surface area contributed by atoms with Crippen molar-refractivity contribution in [2.45, 2.75) is 20.0 Å². The molecular formula is C17H20N2O. The normalized spacial score (nSPS) is 10.3. The van der Waals surface area contributed by atoms with Crippen molar-refractivity contribution in [1.82, 2.24) is 4.90 Å². The second-order valence-corrected chi connectivity index (χ2v) is 5.00. The first-order valence-electron chi connectivity index (χ1n) is 6.71. The summed E-state index contributed by atoms with van der Waals surface area (Å²) in [7, 11) is 1.81. The maximum atomic E-state index is 12.4. The molecule has 2 aromatic carbocycles. The maximum absolute atomic E-state index is 12.4. The number of rotatable bonds is 4. The van der Waals surface area contributed by atoms with Gasteiger partial charge in [-0.1, -0.05) is 42.0 Å². The second kappa shape index (κ2) is 6.35. The van der Waals surface area contributed by atoms with E-state index in [1.165, 1.54) is 0 Å². The summed E-state index contributed by atoms with van der Waals surface area (Å²) < 4.78 is 0. The predicted octanol–water partition coefficient (Wildman–Crippen LogP) is 2.73. The maximum Gasteiger partial charge on any atom is 0.253 e. The third kappa shape index (κ3) is 3.25. The number of benzene rings is 2. The van der Waals surface area contributed by atoms with E-state index >= 15 is 0 Å². The fraction of sp³-hybridized carbons (Fsp3) is 0.235. The van der Waals surface area contributed by atoms with E-state index in [9.17, 15) is 4.79 Å². The first kappa shape index (κ1) is 14.3. The Kier molecular flexibility index (Phi) is 4.53. The summed E-state index contributed by atoms with van der Waals surface area (Å²) >= 11 is 0. The Balaban J connectivity index is 2.13. The van der Waals surface area contributed by atoms with Crippen molar-refractivity contribution in [2.75, 3.05) is 7.05 Å². The summed E-state index contributed by atoms with van der Waals surface area (Å²) in [6.07, 6.45) is 0. The first-order chi connectivity index (χ1) is 9.61. The van der Waals surface area contributed by atoms with Gasteiger partial charge >= 0.3 is 0 Å². The number of aryl methyl sites for hydroxylation is 1. The molecule has 3 heteroatoms. The van der Waals surface area contributed by atoms with Gasteiger partial charge in [-0.15, -0.1) is 0 Å². The minimum atomic E-state index is 0.0248. The zero-order chi connectivity index (χ0) is 14.5. The standard InChI is InChI=1S/C17H20N2O/c1-13-7-9-14(10-8-13)17(20)19(2)12-16-6-4-3-5-15(16)11-18/h3-10H,11-12,18H2,1-2H3. The summed E-state index contributed by atoms with van der Waals surface area (Å²) in [5.41, 5.74) is 9.76. The highest BCUT2D eigenvalue weighted by atomic mass is 16.2. The van der Waals surface area contributed by atoms with E-state index in [4.69, 9.17) is 5.73 Å². The largest absolute Gasteiger partial charge is 0.337 e. The average Bonchev–Trinajstić information content (AvgIpc) is 2.48. The van der Waals surface area contributed by atoms with Gasteiger partial charge in [-0.3, -0.25) is 4.79 Å². The van der Waals surface area contributed by atoms with E-state index in [1.54, 1.807) is 4.90 Å². The van der Waals surface area contributed by atoms with Crippen LogP contribution in [0.25, 0.3) is 0 Å². The molecule has 0 aliphatic rings. The Morgan fingerprint density at radius 3 is 2.25 bits per heavy atom. The lowest BCUT2D eigenvalue weighted by Gasteiger charge is -2.19. The monoisotopic (exact) mass is 268 g/mol. The highest BCUT2D eigenvalue weighted by molar-refractivity contribution is 5.94. The summed E-state index contributed by atoms with van der Waals surface area (Å²) in [5.74, 6) is 0.0248. The van der Waals surface area contributed by atoms with Gasteiger partial charge in [0.25, 0.3) is 5.91 Å². The molecule has 3 nitrogen and oxygen atoms in total. The SMILES string of the molecule is Cc1ccc(C(=O)N(C)Cc2ccccc2CN)cc1. The number of carbonyl (C=O) groups is 1. The van der Waals surface area contributed by atoms with E-state index in [1.807, 2.05) is 62.5 Å². The lowest BCUT2D eigenvalue weighted by Crippen LogP contribution is -2.26. The Morgan fingerprint density at radius 1 is 1.05 bits per heavy atom. The quantitative estimate of drug-likeness (QED) is 0.926. The van der Waals surface area contributed by atoms with Crippen LogP contribution in [0.5, 0.6) is 0 Å². The zero-order valence-electron chi connectivity index (χ0n) is 12.0. The van der Waals surface area contributed by atoms with Gasteiger partial charge in [-0.25, -0.2) is 0 Å². The highest BCUT2D eigenvalue weighted by Crippen LogP contribution is 2.13. The summed E-state index contributed by atoms with van der Waals surface area (Å²) in [6, 6.07) is 15.6. The number of nitrogens with two attached hydrogens (primary N) is 1. The van der Waals surface area contributed by atoms with E-state index in [0.29, 0.717) is 18.7 Å². The van der Waals surface area contributed by atoms with E-state index in [-0.39, 0.29) is 5.91 Å². The van der Waals surface area contributed by atoms with Gasteiger partial charge in [0.05, 0.1) is 0 Å². The van der Waals surface area contributed by atoms with Gasteiger partial charge in [0.2, 0.25) is 0 Å². The van der Waals surface area contributed by atoms with Crippen molar-refractivity contribution in [3.05, 3.63) is 70.8 Å². The van der Waals surface area contributed by atoms with Crippen molar-refractivity contribution in [2.24, 2.45) is 5.73 Å². The molecule has 20 heavy (non-hydrogen) atoms. The van der Waals surface area contributed by atoms with E-state index in [0.717, 1.165) is 16.7 Å². The third-order valence-corrected chi connectivity index (χ3v) is 3.39. The average molecular weight is 268 g/mol. The summed E-state index contributed by atoms with van der Waals surface area (Å²) in [5, 5.41) is 0. The molecule has 0 aliphatic heterocycles. The van der Waals surface area contributed by atoms with Gasteiger partial charge in [-0.05, 0) is 30.2 Å². The Labute approximate surface area is 120 Å². The number of hydrogen-bond donors (Lipinski definition) is 1. The summed E-state index contributed by atoms with van der Waals surface area (Å²) in [6.45, 7) is 3.07. The minimum absolute atomic E-state index is 0.0248. The predicted molar refractivity (Wildman–Crippen MR) is 81.3 cm³/mol. The van der Waals surface area contributed by atoms with Crippen LogP contribution >= 0.6 is 0 Å². The minimum Gasteiger partial charge on any atom is -0.337 e. The molecule has 104 valence electrons. The van der Waals surface area contributed by atoms with Gasteiger partial charge < -0.3 is 10.6 Å². The van der Waals surface area contributed by atoms with E-state index < -0.39 is 0 Å². The topological polar surface area (TPSA) is 46.3 Å². The van der Waals surface area contributed by atoms with Crippen molar-refractivity contribution < 1.29 is 4.79 Å². The molecule has 0 fully saturated rings. The molecule has 0 spiro atoms. The number of carbonyl (C=O) groups excluding carboxylic acids is 1. The molecule has 0 atom stereocenters. The molecule has 0 radical (unpaired) electrons. The first-order valence-corrected chi connectivity index (χ1v) is 6.71. The van der Waals surface area contributed by atoms with Crippen molar-refractivity contribution in [1.29, 1.82) is 0 Å². The molecule has 0 heterocycles. The molecule has 1 amide bonds. The Bertz CT molecular complexity index is 590. The molecule has 0 aromatic heterocycles. The molecule has 2 rings (SSSR count). The van der Waals surface area contributed by atoms with Crippen LogP contribution in [-0.2, 0) is 13.1 Å². The fourth-order valence-electron chi connectivity index (χ4n) is 2.15. The number of amides is 1. The van der Waals surface area contributed by atoms with Crippen LogP contribution in [0.2, 0.25) is 0 Å². The van der Waals surface area contributed by atoms with Crippen LogP contribution in [0.4, 0.5) is 0 Å². The van der Waals surface area contributed by atoms with Crippen LogP contribution in [0.1, 0.15) is 27.0 Å². The molecule has 0 saturated carbocycles. The van der Waals surface area contributed by atoms with Gasteiger partial charge in [-0.2, -0.15) is 0 Å². The Morgan fingerprint density at radius 2 is 1.65 bits per heavy atom. The van der Waals surface area contributed by atoms with Crippen LogP contribution in [0, 0.1) is 6.92 Å². The van der Waals surface area contributed by atoms with Crippen LogP contribution in [0.3, 0.4) is 0 Å². The number of nitrogens with zero attached hydrogens (tertiary/aromatic N) is 1. The van der Waals surface area contributed by atoms with Gasteiger partial charge in [0.1, 0.15) is 0 Å². The fourth-order valence-corrected chi connectivity index (χ4v) is 2.15. The molecule has 2 aromatic rings. The third-order valence-electron chi connectivity index (χ3n) is 3.39. The second-order valence-electron chi connectivity index (χ2n) is 5.00. The molecule has 0 unspecified atom stereocenters. The molecule has 2 N–H and O–H groups in total. The van der Waals surface area contributed by atoms with Crippen LogP contribution in [0.15, 0.2) is 48.5 Å². The zero-order valence-corrected chi connectivity index (χ0v) is 12.0. The Hall–Kier alpha value is -2.13. The summed E-state index contributed by atoms with van der Waals surface area (Å²) in [4.78, 5) is 14.1. The smallest absolute Gasteiger partial charge is 0.253 e. The van der Waals surface area contributed by atoms with Gasteiger partial charge in [0, 0.05) is 25.7 Å². The van der Waals surface area contributed by atoms with Crippen molar-refractivity contribution in [3.8, 4) is 0 Å². The van der Waals surface area contributed by atoms with Crippen molar-refractivity contribution >= 4 is 5.91 Å². The van der Waals surface area contributed by atoms with E-state index in [2.05, 4.69) is 0 Å². The molecule has 0 saturated heterocycles. The van der Waals surface area contributed by atoms with Gasteiger partial charge in [0.15, 0.2) is 0 Å². The molecular weight excluding hydrogens is 248 g/mol. The van der Waals surface area contributed by atoms with Crippen molar-refractivity contribution in [3.63, 3.8) is 0 Å². The van der Waals surface area contributed by atoms with Crippen LogP contribution < -0.4 is 5.73 Å².